The van der Waals surface area contributed by atoms with Crippen molar-refractivity contribution in [2.24, 2.45) is 0 Å². The summed E-state index contributed by atoms with van der Waals surface area (Å²) in [6, 6.07) is 0. The summed E-state index contributed by atoms with van der Waals surface area (Å²) in [4.78, 5) is 38.1. The minimum absolute atomic E-state index is 0.117. The highest BCUT2D eigenvalue weighted by Crippen LogP contribution is 2.14. The highest BCUT2D eigenvalue weighted by molar-refractivity contribution is 5.72. The van der Waals surface area contributed by atoms with Crippen LogP contribution in [0.4, 0.5) is 0 Å². The fourth-order valence-electron chi connectivity index (χ4n) is 7.52. The zero-order valence-corrected chi connectivity index (χ0v) is 44.8. The monoisotopic (exact) mass is 957 g/mol. The van der Waals surface area contributed by atoms with Crippen LogP contribution in [-0.4, -0.2) is 37.2 Å². The lowest BCUT2D eigenvalue weighted by molar-refractivity contribution is -0.166. The van der Waals surface area contributed by atoms with Crippen LogP contribution in [0.3, 0.4) is 0 Å². The van der Waals surface area contributed by atoms with Gasteiger partial charge >= 0.3 is 17.9 Å². The Kier molecular flexibility index (Phi) is 53.4. The van der Waals surface area contributed by atoms with E-state index in [1.165, 1.54) is 116 Å². The molecule has 0 aromatic rings. The van der Waals surface area contributed by atoms with Crippen LogP contribution in [0, 0.1) is 0 Å². The van der Waals surface area contributed by atoms with E-state index >= 15 is 0 Å². The third-order valence-corrected chi connectivity index (χ3v) is 11.8. The fraction of sp³-hybridized carbons (Fsp3) is 0.667. The second-order valence-electron chi connectivity index (χ2n) is 18.5. The van der Waals surface area contributed by atoms with Crippen LogP contribution in [0.15, 0.2) is 109 Å². The number of rotatable bonds is 50. The molecule has 392 valence electrons. The lowest BCUT2D eigenvalue weighted by Crippen LogP contribution is -2.30. The van der Waals surface area contributed by atoms with Crippen LogP contribution in [-0.2, 0) is 28.6 Å². The molecular weight excluding hydrogens is 853 g/mol. The second kappa shape index (κ2) is 56.7. The Morgan fingerprint density at radius 2 is 0.623 bits per heavy atom. The summed E-state index contributed by atoms with van der Waals surface area (Å²) in [5.74, 6) is -1.07. The predicted octanol–water partition coefficient (Wildman–Crippen LogP) is 19.1. The van der Waals surface area contributed by atoms with Gasteiger partial charge in [-0.2, -0.15) is 0 Å². The summed E-state index contributed by atoms with van der Waals surface area (Å²) >= 11 is 0. The van der Waals surface area contributed by atoms with Crippen molar-refractivity contribution in [3.8, 4) is 0 Å². The van der Waals surface area contributed by atoms with Crippen LogP contribution >= 0.6 is 0 Å². The van der Waals surface area contributed by atoms with Gasteiger partial charge in [0.2, 0.25) is 0 Å². The minimum Gasteiger partial charge on any atom is -0.462 e. The number of unbranched alkanes of at least 4 members (excludes halogenated alkanes) is 22. The number of esters is 3. The van der Waals surface area contributed by atoms with E-state index < -0.39 is 12.1 Å². The molecule has 0 spiro atoms. The number of hydrogen-bond acceptors (Lipinski definition) is 6. The average Bonchev–Trinajstić information content (AvgIpc) is 3.35. The Morgan fingerprint density at radius 1 is 0.319 bits per heavy atom. The molecule has 0 aliphatic rings. The maximum Gasteiger partial charge on any atom is 0.309 e. The first-order valence-electron chi connectivity index (χ1n) is 28.4. The molecule has 0 aliphatic carbocycles. The van der Waals surface area contributed by atoms with Crippen molar-refractivity contribution in [3.05, 3.63) is 109 Å². The van der Waals surface area contributed by atoms with Gasteiger partial charge in [0.25, 0.3) is 0 Å². The molecule has 0 saturated heterocycles. The van der Waals surface area contributed by atoms with E-state index in [9.17, 15) is 14.4 Å². The number of ether oxygens (including phenoxy) is 3. The van der Waals surface area contributed by atoms with Crippen molar-refractivity contribution in [1.82, 2.24) is 0 Å². The molecule has 0 radical (unpaired) electrons. The largest absolute Gasteiger partial charge is 0.462 e. The summed E-state index contributed by atoms with van der Waals surface area (Å²) in [6.07, 6.45) is 76.7. The van der Waals surface area contributed by atoms with Crippen LogP contribution in [0.1, 0.15) is 252 Å². The predicted molar refractivity (Wildman–Crippen MR) is 297 cm³/mol. The van der Waals surface area contributed by atoms with Crippen LogP contribution in [0.5, 0.6) is 0 Å². The number of carbonyl (C=O) groups excluding carboxylic acids is 3. The van der Waals surface area contributed by atoms with E-state index in [0.717, 1.165) is 96.3 Å². The van der Waals surface area contributed by atoms with Gasteiger partial charge in [-0.05, 0) is 109 Å². The summed E-state index contributed by atoms with van der Waals surface area (Å²) in [6.45, 7) is 6.39. The van der Waals surface area contributed by atoms with Gasteiger partial charge in [-0.3, -0.25) is 14.4 Å². The van der Waals surface area contributed by atoms with Gasteiger partial charge < -0.3 is 14.2 Å². The van der Waals surface area contributed by atoms with E-state index in [0.29, 0.717) is 12.8 Å². The van der Waals surface area contributed by atoms with Gasteiger partial charge in [0.15, 0.2) is 6.10 Å². The van der Waals surface area contributed by atoms with E-state index in [4.69, 9.17) is 14.2 Å². The Balaban J connectivity index is 4.52. The maximum atomic E-state index is 12.9. The molecule has 0 saturated carbocycles. The van der Waals surface area contributed by atoms with Gasteiger partial charge in [0.05, 0.1) is 6.42 Å². The summed E-state index contributed by atoms with van der Waals surface area (Å²) < 4.78 is 16.7. The molecule has 0 fully saturated rings. The zero-order valence-electron chi connectivity index (χ0n) is 44.8. The molecule has 0 bridgehead atoms. The van der Waals surface area contributed by atoms with Crippen molar-refractivity contribution in [1.29, 1.82) is 0 Å². The molecule has 0 aliphatic heterocycles. The molecule has 0 amide bonds. The Morgan fingerprint density at radius 3 is 1.01 bits per heavy atom. The van der Waals surface area contributed by atoms with Crippen LogP contribution in [0.2, 0.25) is 0 Å². The van der Waals surface area contributed by atoms with E-state index in [1.54, 1.807) is 6.08 Å². The van der Waals surface area contributed by atoms with Crippen LogP contribution in [0.25, 0.3) is 0 Å². The summed E-state index contributed by atoms with van der Waals surface area (Å²) in [5, 5.41) is 0. The van der Waals surface area contributed by atoms with Gasteiger partial charge in [-0.15, -0.1) is 0 Å². The molecule has 0 heterocycles. The van der Waals surface area contributed by atoms with E-state index in [2.05, 4.69) is 118 Å². The summed E-state index contributed by atoms with van der Waals surface area (Å²) in [5.41, 5.74) is 0. The number of carbonyl (C=O) groups is 3. The fourth-order valence-corrected chi connectivity index (χ4v) is 7.52. The number of allylic oxidation sites excluding steroid dienone is 17. The van der Waals surface area contributed by atoms with E-state index in [1.807, 2.05) is 6.08 Å². The Labute approximate surface area is 425 Å². The quantitative estimate of drug-likeness (QED) is 0.0262. The zero-order chi connectivity index (χ0) is 50.0. The molecule has 6 nitrogen and oxygen atoms in total. The third-order valence-electron chi connectivity index (χ3n) is 11.8. The van der Waals surface area contributed by atoms with Gasteiger partial charge in [-0.25, -0.2) is 0 Å². The lowest BCUT2D eigenvalue weighted by Gasteiger charge is -2.18. The number of hydrogen-bond donors (Lipinski definition) is 0. The highest BCUT2D eigenvalue weighted by atomic mass is 16.6. The highest BCUT2D eigenvalue weighted by Gasteiger charge is 2.19. The molecule has 6 heteroatoms. The normalized spacial score (nSPS) is 12.9. The first-order valence-corrected chi connectivity index (χ1v) is 28.4. The topological polar surface area (TPSA) is 78.9 Å². The van der Waals surface area contributed by atoms with Gasteiger partial charge in [-0.1, -0.05) is 233 Å². The SMILES string of the molecule is CC/C=C\C/C=C\C/C=C\C/C=C\C/C=C\CC(=O)OCC(COC(=O)CCCCCCCCC/C=C\C/C=C\CCCCCC)OC(=O)CCCCCCCCC/C=C\C/C=C\CCCCCC. The van der Waals surface area contributed by atoms with Gasteiger partial charge in [0.1, 0.15) is 13.2 Å². The third kappa shape index (κ3) is 54.9. The maximum absolute atomic E-state index is 12.9. The molecule has 0 aromatic heterocycles. The molecular formula is C63H104O6. The Hall–Kier alpha value is -3.93. The summed E-state index contributed by atoms with van der Waals surface area (Å²) in [7, 11) is 0. The first-order chi connectivity index (χ1) is 34.0. The molecule has 69 heavy (non-hydrogen) atoms. The van der Waals surface area contributed by atoms with Crippen molar-refractivity contribution >= 4 is 17.9 Å². The van der Waals surface area contributed by atoms with Crippen LogP contribution < -0.4 is 0 Å². The van der Waals surface area contributed by atoms with Crippen molar-refractivity contribution in [2.75, 3.05) is 13.2 Å². The minimum atomic E-state index is -0.828. The first kappa shape index (κ1) is 65.1. The van der Waals surface area contributed by atoms with Gasteiger partial charge in [0, 0.05) is 12.8 Å². The second-order valence-corrected chi connectivity index (χ2v) is 18.5. The van der Waals surface area contributed by atoms with E-state index in [-0.39, 0.29) is 31.6 Å². The van der Waals surface area contributed by atoms with Crippen molar-refractivity contribution < 1.29 is 28.6 Å². The molecule has 0 aromatic carbocycles. The lowest BCUT2D eigenvalue weighted by atomic mass is 10.1. The Bertz CT molecular complexity index is 1420. The molecule has 1 unspecified atom stereocenters. The molecule has 0 rings (SSSR count). The van der Waals surface area contributed by atoms with Crippen molar-refractivity contribution in [2.45, 2.75) is 258 Å². The average molecular weight is 958 g/mol. The smallest absolute Gasteiger partial charge is 0.309 e. The van der Waals surface area contributed by atoms with Crippen molar-refractivity contribution in [3.63, 3.8) is 0 Å². The molecule has 1 atom stereocenters. The standard InChI is InChI=1S/C63H104O6/c1-4-7-10-13-16-19-22-25-28-30-32-35-38-41-44-47-50-53-56-62(65)68-59-60(58-67-61(64)55-52-49-46-43-40-37-34-27-24-21-18-15-12-9-6-3)69-63(66)57-54-51-48-45-42-39-36-33-31-29-26-23-20-17-14-11-8-5-2/h9,12,18-23,27-31,34,40,43,49,52,60H,4-8,10-11,13-17,24-26,32-33,35-39,41-42,44-48,50-51,53-59H2,1-3H3/b12-9-,21-18-,22-19-,23-20-,30-28-,31-29-,34-27-,43-40-,52-49-. The molecule has 0 N–H and O–H groups in total.